The number of benzene rings is 8. The summed E-state index contributed by atoms with van der Waals surface area (Å²) < 4.78 is 0. The summed E-state index contributed by atoms with van der Waals surface area (Å²) >= 11 is 0. The van der Waals surface area contributed by atoms with Crippen molar-refractivity contribution in [3.8, 4) is 33.8 Å². The number of aromatic nitrogens is 2. The Balaban J connectivity index is 0.932. The van der Waals surface area contributed by atoms with Crippen molar-refractivity contribution in [1.29, 1.82) is 0 Å². The highest BCUT2D eigenvalue weighted by atomic mass is 16.3. The van der Waals surface area contributed by atoms with Gasteiger partial charge in [0.05, 0.1) is 0 Å². The first kappa shape index (κ1) is 42.7. The molecular formula is C58H48N6O2. The van der Waals surface area contributed by atoms with Crippen LogP contribution in [0.5, 0.6) is 11.5 Å². The molecule has 8 heteroatoms. The summed E-state index contributed by atoms with van der Waals surface area (Å²) in [6.45, 7) is 8.40. The van der Waals surface area contributed by atoms with E-state index in [-0.39, 0.29) is 23.1 Å². The highest BCUT2D eigenvalue weighted by molar-refractivity contribution is 5.91. The Labute approximate surface area is 385 Å². The van der Waals surface area contributed by atoms with Crippen molar-refractivity contribution in [3.63, 3.8) is 0 Å². The van der Waals surface area contributed by atoms with Crippen LogP contribution in [0.15, 0.2) is 204 Å². The second-order valence-electron chi connectivity index (χ2n) is 16.2. The zero-order chi connectivity index (χ0) is 45.6. The van der Waals surface area contributed by atoms with Gasteiger partial charge in [-0.25, -0.2) is 20.0 Å². The van der Waals surface area contributed by atoms with Gasteiger partial charge in [-0.3, -0.25) is 0 Å². The average molecular weight is 861 g/mol. The molecule has 0 spiro atoms. The maximum absolute atomic E-state index is 11.3. The molecule has 0 radical (unpaired) electrons. The molecule has 0 unspecified atom stereocenters. The van der Waals surface area contributed by atoms with Crippen LogP contribution in [0.4, 0.5) is 45.8 Å². The third kappa shape index (κ3) is 9.07. The maximum atomic E-state index is 11.3. The van der Waals surface area contributed by atoms with Crippen LogP contribution in [0.2, 0.25) is 0 Å². The van der Waals surface area contributed by atoms with Gasteiger partial charge in [0.25, 0.3) is 0 Å². The van der Waals surface area contributed by atoms with Crippen LogP contribution in [0.3, 0.4) is 0 Å². The molecule has 0 aliphatic rings. The Morgan fingerprint density at radius 2 is 0.682 bits per heavy atom. The minimum absolute atomic E-state index is 0.0816. The lowest BCUT2D eigenvalue weighted by atomic mass is 9.93. The van der Waals surface area contributed by atoms with Gasteiger partial charge in [0.15, 0.2) is 11.6 Å². The number of phenolic OH excluding ortho intramolecular Hbond substituents is 2. The lowest BCUT2D eigenvalue weighted by Crippen LogP contribution is -2.10. The number of hydrogen-bond donors (Lipinski definition) is 2. The normalized spacial score (nSPS) is 11.3. The first-order valence-electron chi connectivity index (χ1n) is 21.8. The van der Waals surface area contributed by atoms with E-state index in [1.165, 1.54) is 0 Å². The quantitative estimate of drug-likeness (QED) is 0.119. The molecule has 8 aromatic carbocycles. The number of aliphatic imine (C=N–C) groups is 2. The van der Waals surface area contributed by atoms with Crippen molar-refractivity contribution in [2.45, 2.75) is 27.7 Å². The van der Waals surface area contributed by atoms with Crippen molar-refractivity contribution in [2.24, 2.45) is 9.98 Å². The van der Waals surface area contributed by atoms with Gasteiger partial charge in [-0.1, -0.05) is 84.9 Å². The van der Waals surface area contributed by atoms with Gasteiger partial charge in [0.1, 0.15) is 11.5 Å². The first-order chi connectivity index (χ1) is 32.2. The molecule has 9 aromatic rings. The van der Waals surface area contributed by atoms with Crippen LogP contribution in [0.25, 0.3) is 22.3 Å². The number of aryl methyl sites for hydroxylation is 4. The number of phenols is 2. The summed E-state index contributed by atoms with van der Waals surface area (Å²) in [5.74, 6) is 0.697. The zero-order valence-electron chi connectivity index (χ0n) is 37.2. The summed E-state index contributed by atoms with van der Waals surface area (Å²) in [4.78, 5) is 22.5. The molecule has 0 saturated carbocycles. The Kier molecular flexibility index (Phi) is 12.3. The van der Waals surface area contributed by atoms with Gasteiger partial charge >= 0.3 is 0 Å². The molecule has 9 rings (SSSR count). The molecule has 2 N–H and O–H groups in total. The van der Waals surface area contributed by atoms with E-state index in [9.17, 15) is 10.2 Å². The maximum Gasteiger partial charge on any atom is 0.197 e. The van der Waals surface area contributed by atoms with E-state index in [0.29, 0.717) is 11.1 Å². The largest absolute Gasteiger partial charge is 0.507 e. The van der Waals surface area contributed by atoms with Gasteiger partial charge in [-0.15, -0.1) is 0 Å². The molecule has 322 valence electrons. The van der Waals surface area contributed by atoms with E-state index < -0.39 is 0 Å². The molecule has 0 atom stereocenters. The predicted octanol–water partition coefficient (Wildman–Crippen LogP) is 14.9. The number of anilines is 6. The summed E-state index contributed by atoms with van der Waals surface area (Å²) in [7, 11) is 0. The van der Waals surface area contributed by atoms with E-state index in [1.54, 1.807) is 37.0 Å². The molecule has 0 saturated heterocycles. The molecule has 0 fully saturated rings. The van der Waals surface area contributed by atoms with E-state index in [1.807, 2.05) is 97.1 Å². The zero-order valence-corrected chi connectivity index (χ0v) is 37.2. The van der Waals surface area contributed by atoms with Gasteiger partial charge < -0.3 is 20.0 Å². The van der Waals surface area contributed by atoms with E-state index in [0.717, 1.165) is 78.6 Å². The molecule has 1 heterocycles. The molecular weight excluding hydrogens is 813 g/mol. The topological polar surface area (TPSA) is 97.4 Å². The standard InChI is InChI=1S/C58H48N6O2/c1-39-31-51(63(47-17-9-5-10-18-47)48-19-11-6-12-20-48)32-40(2)55(39)43-25-27-45(53(65)35-43)37-61-57-58(60-30-29-59-57)62-38-46-28-26-44(36-54(46)66)56-41(3)33-52(34-42(56)4)64(49-21-13-7-14-22-49)50-23-15-8-16-24-50/h5-38,65-66H,1-4H3. The lowest BCUT2D eigenvalue weighted by molar-refractivity contribution is 0.474. The van der Waals surface area contributed by atoms with Crippen molar-refractivity contribution in [3.05, 3.63) is 228 Å². The Morgan fingerprint density at radius 1 is 0.379 bits per heavy atom. The Morgan fingerprint density at radius 3 is 0.970 bits per heavy atom. The SMILES string of the molecule is Cc1cc(N(c2ccccc2)c2ccccc2)cc(C)c1-c1ccc(C=Nc2nccnc2N=Cc2ccc(-c3c(C)cc(N(c4ccccc4)c4ccccc4)cc3C)cc2O)c(O)c1. The molecule has 66 heavy (non-hydrogen) atoms. The van der Waals surface area contributed by atoms with E-state index in [4.69, 9.17) is 0 Å². The number of hydrogen-bond acceptors (Lipinski definition) is 8. The summed E-state index contributed by atoms with van der Waals surface area (Å²) in [5.41, 5.74) is 15.6. The molecule has 0 bridgehead atoms. The average Bonchev–Trinajstić information content (AvgIpc) is 3.32. The van der Waals surface area contributed by atoms with Crippen molar-refractivity contribution >= 4 is 58.2 Å². The summed E-state index contributed by atoms with van der Waals surface area (Å²) in [6, 6.07) is 61.3. The number of aromatic hydroxyl groups is 2. The van der Waals surface area contributed by atoms with E-state index >= 15 is 0 Å². The highest BCUT2D eigenvalue weighted by Gasteiger charge is 2.19. The van der Waals surface area contributed by atoms with Crippen LogP contribution >= 0.6 is 0 Å². The Bertz CT molecular complexity index is 2870. The van der Waals surface area contributed by atoms with Crippen LogP contribution in [0.1, 0.15) is 33.4 Å². The summed E-state index contributed by atoms with van der Waals surface area (Å²) in [6.07, 6.45) is 6.21. The van der Waals surface area contributed by atoms with Gasteiger partial charge in [0.2, 0.25) is 0 Å². The van der Waals surface area contributed by atoms with E-state index in [2.05, 4.69) is 130 Å². The minimum atomic E-state index is 0.0816. The van der Waals surface area contributed by atoms with Gasteiger partial charge in [-0.05, 0) is 169 Å². The van der Waals surface area contributed by atoms with Gasteiger partial charge in [0, 0.05) is 70.1 Å². The third-order valence-electron chi connectivity index (χ3n) is 11.6. The van der Waals surface area contributed by atoms with Crippen LogP contribution < -0.4 is 9.80 Å². The third-order valence-corrected chi connectivity index (χ3v) is 11.6. The minimum Gasteiger partial charge on any atom is -0.507 e. The number of para-hydroxylation sites is 4. The van der Waals surface area contributed by atoms with Crippen molar-refractivity contribution < 1.29 is 10.2 Å². The van der Waals surface area contributed by atoms with Crippen LogP contribution in [0, 0.1) is 27.7 Å². The molecule has 0 aliphatic heterocycles. The Hall–Kier alpha value is -8.62. The second kappa shape index (κ2) is 19.0. The van der Waals surface area contributed by atoms with Crippen LogP contribution in [-0.4, -0.2) is 32.6 Å². The monoisotopic (exact) mass is 860 g/mol. The number of nitrogens with zero attached hydrogens (tertiary/aromatic N) is 6. The lowest BCUT2D eigenvalue weighted by Gasteiger charge is -2.27. The first-order valence-corrected chi connectivity index (χ1v) is 21.8. The van der Waals surface area contributed by atoms with Gasteiger partial charge in [-0.2, -0.15) is 0 Å². The second-order valence-corrected chi connectivity index (χ2v) is 16.2. The molecule has 8 nitrogen and oxygen atoms in total. The highest BCUT2D eigenvalue weighted by Crippen LogP contribution is 2.41. The molecule has 0 aliphatic carbocycles. The molecule has 0 amide bonds. The number of rotatable bonds is 12. The molecule has 1 aromatic heterocycles. The smallest absolute Gasteiger partial charge is 0.197 e. The fourth-order valence-electron chi connectivity index (χ4n) is 8.64. The predicted molar refractivity (Wildman–Crippen MR) is 272 cm³/mol. The summed E-state index contributed by atoms with van der Waals surface area (Å²) in [5, 5.41) is 22.6. The van der Waals surface area contributed by atoms with Crippen molar-refractivity contribution in [1.82, 2.24) is 9.97 Å². The fourth-order valence-corrected chi connectivity index (χ4v) is 8.64. The fraction of sp³-hybridized carbons (Fsp3) is 0.0690. The van der Waals surface area contributed by atoms with Crippen molar-refractivity contribution in [2.75, 3.05) is 9.80 Å². The van der Waals surface area contributed by atoms with Crippen LogP contribution in [-0.2, 0) is 0 Å².